The summed E-state index contributed by atoms with van der Waals surface area (Å²) in [4.78, 5) is 13.3. The number of aryl methyl sites for hydroxylation is 1. The highest BCUT2D eigenvalue weighted by Crippen LogP contribution is 2.26. The van der Waals surface area contributed by atoms with Gasteiger partial charge in [-0.3, -0.25) is 4.68 Å². The summed E-state index contributed by atoms with van der Waals surface area (Å²) in [7, 11) is 1.86. The minimum atomic E-state index is -0.156. The smallest absolute Gasteiger partial charge is 0.315 e. The van der Waals surface area contributed by atoms with Crippen molar-refractivity contribution in [3.63, 3.8) is 0 Å². The molecule has 0 spiro atoms. The summed E-state index contributed by atoms with van der Waals surface area (Å²) in [5.74, 6) is 0. The van der Waals surface area contributed by atoms with Gasteiger partial charge < -0.3 is 10.6 Å². The Morgan fingerprint density at radius 1 is 1.52 bits per heavy atom. The van der Waals surface area contributed by atoms with Crippen LogP contribution in [-0.4, -0.2) is 22.4 Å². The number of carbonyl (C=O) groups excluding carboxylic acids is 1. The zero-order valence-corrected chi connectivity index (χ0v) is 13.7. The molecule has 2 heterocycles. The van der Waals surface area contributed by atoms with Crippen molar-refractivity contribution in [2.24, 2.45) is 7.05 Å². The van der Waals surface area contributed by atoms with Gasteiger partial charge >= 0.3 is 6.03 Å². The van der Waals surface area contributed by atoms with Crippen LogP contribution in [0, 0.1) is 0 Å². The Hall–Kier alpha value is -1.82. The number of nitrogens with zero attached hydrogens (tertiary/aromatic N) is 2. The Kier molecular flexibility index (Phi) is 4.67. The largest absolute Gasteiger partial charge is 0.337 e. The van der Waals surface area contributed by atoms with Crippen molar-refractivity contribution in [1.29, 1.82) is 0 Å². The standard InChI is InChI=1S/C15H22N4OS/c1-11(12-8-17-19(4)9-12)18-14(20)16-10-15(2,3)13-6-5-7-21-13/h5-9,11H,10H2,1-4H3,(H2,16,18,20). The van der Waals surface area contributed by atoms with Crippen LogP contribution in [0.5, 0.6) is 0 Å². The highest BCUT2D eigenvalue weighted by molar-refractivity contribution is 7.10. The van der Waals surface area contributed by atoms with Crippen LogP contribution >= 0.6 is 11.3 Å². The fourth-order valence-corrected chi connectivity index (χ4v) is 2.90. The molecule has 2 aromatic rings. The lowest BCUT2D eigenvalue weighted by Crippen LogP contribution is -2.42. The zero-order valence-electron chi connectivity index (χ0n) is 12.9. The second-order valence-corrected chi connectivity index (χ2v) is 6.80. The Morgan fingerprint density at radius 2 is 2.29 bits per heavy atom. The minimum Gasteiger partial charge on any atom is -0.337 e. The monoisotopic (exact) mass is 306 g/mol. The maximum atomic E-state index is 12.0. The van der Waals surface area contributed by atoms with Gasteiger partial charge in [-0.25, -0.2) is 4.79 Å². The molecule has 1 unspecified atom stereocenters. The van der Waals surface area contributed by atoms with Crippen molar-refractivity contribution in [3.05, 3.63) is 40.3 Å². The number of hydrogen-bond acceptors (Lipinski definition) is 3. The molecule has 6 heteroatoms. The average Bonchev–Trinajstić information content (AvgIpc) is 3.07. The molecule has 0 radical (unpaired) electrons. The Balaban J connectivity index is 1.85. The fourth-order valence-electron chi connectivity index (χ4n) is 2.05. The SMILES string of the molecule is CC(NC(=O)NCC(C)(C)c1cccs1)c1cnn(C)c1. The Bertz CT molecular complexity index is 589. The van der Waals surface area contributed by atoms with Crippen LogP contribution < -0.4 is 10.6 Å². The third-order valence-electron chi connectivity index (χ3n) is 3.45. The summed E-state index contributed by atoms with van der Waals surface area (Å²) in [6.45, 7) is 6.80. The molecule has 0 aromatic carbocycles. The maximum Gasteiger partial charge on any atom is 0.315 e. The van der Waals surface area contributed by atoms with E-state index in [0.29, 0.717) is 6.54 Å². The van der Waals surface area contributed by atoms with E-state index in [2.05, 4.69) is 41.0 Å². The van der Waals surface area contributed by atoms with Gasteiger partial charge in [0, 0.05) is 35.6 Å². The van der Waals surface area contributed by atoms with Crippen molar-refractivity contribution in [1.82, 2.24) is 20.4 Å². The second kappa shape index (κ2) is 6.30. The van der Waals surface area contributed by atoms with E-state index in [-0.39, 0.29) is 17.5 Å². The molecule has 2 aromatic heterocycles. The van der Waals surface area contributed by atoms with Crippen LogP contribution in [0.3, 0.4) is 0 Å². The molecule has 0 fully saturated rings. The van der Waals surface area contributed by atoms with Crippen LogP contribution in [0.1, 0.15) is 37.3 Å². The van der Waals surface area contributed by atoms with E-state index in [1.807, 2.05) is 26.2 Å². The summed E-state index contributed by atoms with van der Waals surface area (Å²) < 4.78 is 1.73. The molecule has 2 N–H and O–H groups in total. The van der Waals surface area contributed by atoms with Gasteiger partial charge in [-0.05, 0) is 18.4 Å². The number of hydrogen-bond donors (Lipinski definition) is 2. The van der Waals surface area contributed by atoms with Crippen molar-refractivity contribution in [2.45, 2.75) is 32.2 Å². The van der Waals surface area contributed by atoms with Gasteiger partial charge in [0.05, 0.1) is 12.2 Å². The van der Waals surface area contributed by atoms with Crippen LogP contribution in [0.15, 0.2) is 29.9 Å². The van der Waals surface area contributed by atoms with Gasteiger partial charge in [0.25, 0.3) is 0 Å². The summed E-state index contributed by atoms with van der Waals surface area (Å²) >= 11 is 1.71. The van der Waals surface area contributed by atoms with Gasteiger partial charge in [0.1, 0.15) is 0 Å². The number of urea groups is 1. The van der Waals surface area contributed by atoms with E-state index in [9.17, 15) is 4.79 Å². The highest BCUT2D eigenvalue weighted by atomic mass is 32.1. The number of rotatable bonds is 5. The number of aromatic nitrogens is 2. The zero-order chi connectivity index (χ0) is 15.5. The van der Waals surface area contributed by atoms with Gasteiger partial charge in [-0.15, -0.1) is 11.3 Å². The van der Waals surface area contributed by atoms with E-state index in [0.717, 1.165) is 5.56 Å². The lowest BCUT2D eigenvalue weighted by atomic mass is 9.91. The van der Waals surface area contributed by atoms with Gasteiger partial charge in [0.15, 0.2) is 0 Å². The van der Waals surface area contributed by atoms with Crippen LogP contribution in [0.4, 0.5) is 4.79 Å². The van der Waals surface area contributed by atoms with E-state index in [1.165, 1.54) is 4.88 Å². The molecule has 2 amide bonds. The van der Waals surface area contributed by atoms with E-state index in [4.69, 9.17) is 0 Å². The molecule has 1 atom stereocenters. The Morgan fingerprint density at radius 3 is 2.86 bits per heavy atom. The quantitative estimate of drug-likeness (QED) is 0.892. The molecule has 5 nitrogen and oxygen atoms in total. The first-order valence-corrected chi connectivity index (χ1v) is 7.83. The third-order valence-corrected chi connectivity index (χ3v) is 4.69. The molecule has 0 saturated carbocycles. The first kappa shape index (κ1) is 15.6. The Labute approximate surface area is 129 Å². The van der Waals surface area contributed by atoms with Gasteiger partial charge in [0.2, 0.25) is 0 Å². The third kappa shape index (κ3) is 4.07. The number of carbonyl (C=O) groups is 1. The first-order chi connectivity index (χ1) is 9.88. The van der Waals surface area contributed by atoms with Crippen molar-refractivity contribution >= 4 is 17.4 Å². The van der Waals surface area contributed by atoms with Crippen molar-refractivity contribution < 1.29 is 4.79 Å². The summed E-state index contributed by atoms with van der Waals surface area (Å²) in [5, 5.41) is 12.0. The fraction of sp³-hybridized carbons (Fsp3) is 0.467. The molecule has 0 bridgehead atoms. The number of thiophene rings is 1. The molecular weight excluding hydrogens is 284 g/mol. The molecule has 0 saturated heterocycles. The maximum absolute atomic E-state index is 12.0. The number of amides is 2. The second-order valence-electron chi connectivity index (χ2n) is 5.86. The number of nitrogens with one attached hydrogen (secondary N) is 2. The van der Waals surface area contributed by atoms with Gasteiger partial charge in [-0.2, -0.15) is 5.10 Å². The molecule has 114 valence electrons. The summed E-state index contributed by atoms with van der Waals surface area (Å²) in [5.41, 5.74) is 0.924. The normalized spacial score (nSPS) is 13.0. The molecule has 21 heavy (non-hydrogen) atoms. The molecular formula is C15H22N4OS. The lowest BCUT2D eigenvalue weighted by Gasteiger charge is -2.24. The van der Waals surface area contributed by atoms with Crippen LogP contribution in [-0.2, 0) is 12.5 Å². The topological polar surface area (TPSA) is 59.0 Å². The van der Waals surface area contributed by atoms with Crippen LogP contribution in [0.2, 0.25) is 0 Å². The molecule has 0 aliphatic carbocycles. The summed E-state index contributed by atoms with van der Waals surface area (Å²) in [6, 6.07) is 3.91. The predicted octanol–water partition coefficient (Wildman–Crippen LogP) is 2.82. The van der Waals surface area contributed by atoms with E-state index < -0.39 is 0 Å². The summed E-state index contributed by atoms with van der Waals surface area (Å²) in [6.07, 6.45) is 3.67. The van der Waals surface area contributed by atoms with E-state index in [1.54, 1.807) is 22.2 Å². The van der Waals surface area contributed by atoms with Crippen molar-refractivity contribution in [3.8, 4) is 0 Å². The first-order valence-electron chi connectivity index (χ1n) is 6.95. The average molecular weight is 306 g/mol. The predicted molar refractivity (Wildman–Crippen MR) is 85.5 cm³/mol. The molecule has 0 aliphatic rings. The molecule has 0 aliphatic heterocycles. The van der Waals surface area contributed by atoms with Crippen LogP contribution in [0.25, 0.3) is 0 Å². The van der Waals surface area contributed by atoms with Crippen molar-refractivity contribution in [2.75, 3.05) is 6.54 Å². The lowest BCUT2D eigenvalue weighted by molar-refractivity contribution is 0.235. The highest BCUT2D eigenvalue weighted by Gasteiger charge is 2.22. The molecule has 2 rings (SSSR count). The van der Waals surface area contributed by atoms with Gasteiger partial charge in [-0.1, -0.05) is 19.9 Å². The minimum absolute atomic E-state index is 0.0662. The van der Waals surface area contributed by atoms with E-state index >= 15 is 0 Å².